The van der Waals surface area contributed by atoms with E-state index in [1.54, 1.807) is 6.92 Å². The van der Waals surface area contributed by atoms with Gasteiger partial charge in [0.25, 0.3) is 0 Å². The highest BCUT2D eigenvalue weighted by Crippen LogP contribution is 2.18. The Morgan fingerprint density at radius 3 is 2.53 bits per heavy atom. The molecule has 0 saturated carbocycles. The van der Waals surface area contributed by atoms with E-state index in [0.717, 1.165) is 12.2 Å². The third-order valence-corrected chi connectivity index (χ3v) is 2.91. The summed E-state index contributed by atoms with van der Waals surface area (Å²) in [7, 11) is 0. The molecule has 0 aliphatic carbocycles. The van der Waals surface area contributed by atoms with Gasteiger partial charge in [-0.05, 0) is 37.1 Å². The van der Waals surface area contributed by atoms with Crippen LogP contribution in [0.1, 0.15) is 34.4 Å². The Kier molecular flexibility index (Phi) is 3.90. The summed E-state index contributed by atoms with van der Waals surface area (Å²) in [5.74, 6) is 0.657. The third kappa shape index (κ3) is 3.16. The molecule has 0 fully saturated rings. The van der Waals surface area contributed by atoms with Gasteiger partial charge in [-0.25, -0.2) is 4.79 Å². The molecule has 0 saturated heterocycles. The van der Waals surface area contributed by atoms with Gasteiger partial charge in [0.05, 0.1) is 0 Å². The highest BCUT2D eigenvalue weighted by molar-refractivity contribution is 5.88. The summed E-state index contributed by atoms with van der Waals surface area (Å²) in [4.78, 5) is 10.9. The topological polar surface area (TPSA) is 59.7 Å². The number of rotatable bonds is 5. The van der Waals surface area contributed by atoms with Gasteiger partial charge in [0.15, 0.2) is 0 Å². The molecule has 0 aliphatic rings. The van der Waals surface area contributed by atoms with E-state index in [1.807, 2.05) is 24.3 Å². The van der Waals surface area contributed by atoms with Crippen LogP contribution in [0.5, 0.6) is 5.75 Å². The summed E-state index contributed by atoms with van der Waals surface area (Å²) < 4.78 is 10.9. The second-order valence-corrected chi connectivity index (χ2v) is 4.27. The van der Waals surface area contributed by atoms with Crippen molar-refractivity contribution in [2.75, 3.05) is 0 Å². The van der Waals surface area contributed by atoms with Crippen molar-refractivity contribution in [3.05, 3.63) is 53.0 Å². The first-order valence-corrected chi connectivity index (χ1v) is 6.14. The van der Waals surface area contributed by atoms with Crippen LogP contribution in [-0.4, -0.2) is 11.1 Å². The number of benzene rings is 1. The van der Waals surface area contributed by atoms with Gasteiger partial charge in [0.1, 0.15) is 29.4 Å². The lowest BCUT2D eigenvalue weighted by molar-refractivity contribution is 0.0695. The predicted molar refractivity (Wildman–Crippen MR) is 70.6 cm³/mol. The van der Waals surface area contributed by atoms with Gasteiger partial charge in [-0.15, -0.1) is 0 Å². The summed E-state index contributed by atoms with van der Waals surface area (Å²) in [6.07, 6.45) is 0.986. The first-order valence-electron chi connectivity index (χ1n) is 6.14. The Morgan fingerprint density at radius 2 is 2.00 bits per heavy atom. The third-order valence-electron chi connectivity index (χ3n) is 2.91. The first kappa shape index (κ1) is 13.2. The minimum Gasteiger partial charge on any atom is -0.486 e. The van der Waals surface area contributed by atoms with E-state index in [-0.39, 0.29) is 12.2 Å². The molecule has 0 bridgehead atoms. The maximum atomic E-state index is 10.9. The number of ether oxygens (including phenoxy) is 1. The number of carbonyl (C=O) groups is 1. The van der Waals surface area contributed by atoms with E-state index in [2.05, 4.69) is 6.92 Å². The van der Waals surface area contributed by atoms with Crippen molar-refractivity contribution >= 4 is 5.97 Å². The van der Waals surface area contributed by atoms with Crippen LogP contribution < -0.4 is 4.74 Å². The van der Waals surface area contributed by atoms with Gasteiger partial charge in [-0.2, -0.15) is 0 Å². The molecule has 100 valence electrons. The molecule has 4 heteroatoms. The normalized spacial score (nSPS) is 10.4. The van der Waals surface area contributed by atoms with Crippen molar-refractivity contribution < 1.29 is 19.1 Å². The predicted octanol–water partition coefficient (Wildman–Crippen LogP) is 3.43. The fraction of sp³-hybridized carbons (Fsp3) is 0.267. The van der Waals surface area contributed by atoms with Gasteiger partial charge in [-0.3, -0.25) is 0 Å². The van der Waals surface area contributed by atoms with E-state index < -0.39 is 5.97 Å². The van der Waals surface area contributed by atoms with Crippen molar-refractivity contribution in [3.63, 3.8) is 0 Å². The maximum Gasteiger partial charge on any atom is 0.339 e. The van der Waals surface area contributed by atoms with Gasteiger partial charge >= 0.3 is 5.97 Å². The van der Waals surface area contributed by atoms with Gasteiger partial charge in [0, 0.05) is 0 Å². The Morgan fingerprint density at radius 1 is 1.32 bits per heavy atom. The molecular weight excluding hydrogens is 244 g/mol. The molecule has 0 amide bonds. The number of hydrogen-bond acceptors (Lipinski definition) is 3. The second kappa shape index (κ2) is 5.61. The summed E-state index contributed by atoms with van der Waals surface area (Å²) in [5, 5.41) is 8.92. The Labute approximate surface area is 111 Å². The van der Waals surface area contributed by atoms with Crippen LogP contribution >= 0.6 is 0 Å². The van der Waals surface area contributed by atoms with Crippen LogP contribution in [0.15, 0.2) is 34.7 Å². The van der Waals surface area contributed by atoms with Crippen LogP contribution in [0, 0.1) is 6.92 Å². The van der Waals surface area contributed by atoms with Crippen molar-refractivity contribution in [2.45, 2.75) is 26.9 Å². The number of hydrogen-bond donors (Lipinski definition) is 1. The molecule has 1 N–H and O–H groups in total. The van der Waals surface area contributed by atoms with Crippen molar-refractivity contribution in [2.24, 2.45) is 0 Å². The number of carboxylic acid groups (broad SMARTS) is 1. The molecular formula is C15H16O4. The maximum absolute atomic E-state index is 10.9. The summed E-state index contributed by atoms with van der Waals surface area (Å²) in [5.41, 5.74) is 1.43. The molecule has 1 aromatic carbocycles. The van der Waals surface area contributed by atoms with Gasteiger partial charge < -0.3 is 14.3 Å². The van der Waals surface area contributed by atoms with Gasteiger partial charge in [-0.1, -0.05) is 19.1 Å². The lowest BCUT2D eigenvalue weighted by Gasteiger charge is -2.04. The molecule has 0 atom stereocenters. The van der Waals surface area contributed by atoms with Crippen LogP contribution in [-0.2, 0) is 13.0 Å². The quantitative estimate of drug-likeness (QED) is 0.894. The fourth-order valence-corrected chi connectivity index (χ4v) is 1.80. The molecule has 19 heavy (non-hydrogen) atoms. The number of carboxylic acids is 1. The molecule has 2 rings (SSSR count). The van der Waals surface area contributed by atoms with Crippen LogP contribution in [0.4, 0.5) is 0 Å². The summed E-state index contributed by atoms with van der Waals surface area (Å²) in [6.45, 7) is 3.94. The second-order valence-electron chi connectivity index (χ2n) is 4.27. The van der Waals surface area contributed by atoms with Crippen LogP contribution in [0.25, 0.3) is 0 Å². The van der Waals surface area contributed by atoms with E-state index in [0.29, 0.717) is 11.5 Å². The summed E-state index contributed by atoms with van der Waals surface area (Å²) >= 11 is 0. The molecule has 0 radical (unpaired) electrons. The molecule has 0 spiro atoms. The standard InChI is InChI=1S/C15H16O4/c1-3-11-4-6-12(7-5-11)18-9-13-8-14(15(16)17)10(2)19-13/h4-8H,3,9H2,1-2H3,(H,16,17). The molecule has 1 heterocycles. The lowest BCUT2D eigenvalue weighted by atomic mass is 10.2. The smallest absolute Gasteiger partial charge is 0.339 e. The minimum absolute atomic E-state index is 0.180. The van der Waals surface area contributed by atoms with Crippen molar-refractivity contribution in [1.82, 2.24) is 0 Å². The van der Waals surface area contributed by atoms with Gasteiger partial charge in [0.2, 0.25) is 0 Å². The SMILES string of the molecule is CCc1ccc(OCc2cc(C(=O)O)c(C)o2)cc1. The zero-order chi connectivity index (χ0) is 13.8. The van der Waals surface area contributed by atoms with E-state index in [4.69, 9.17) is 14.3 Å². The Hall–Kier alpha value is -2.23. The zero-order valence-corrected chi connectivity index (χ0v) is 11.0. The molecule has 4 nitrogen and oxygen atoms in total. The number of furan rings is 1. The van der Waals surface area contributed by atoms with E-state index >= 15 is 0 Å². The highest BCUT2D eigenvalue weighted by atomic mass is 16.5. The van der Waals surface area contributed by atoms with Crippen LogP contribution in [0.3, 0.4) is 0 Å². The molecule has 2 aromatic rings. The lowest BCUT2D eigenvalue weighted by Crippen LogP contribution is -1.96. The number of aryl methyl sites for hydroxylation is 2. The highest BCUT2D eigenvalue weighted by Gasteiger charge is 2.13. The molecule has 0 aliphatic heterocycles. The van der Waals surface area contributed by atoms with Crippen LogP contribution in [0.2, 0.25) is 0 Å². The van der Waals surface area contributed by atoms with E-state index in [1.165, 1.54) is 11.6 Å². The summed E-state index contributed by atoms with van der Waals surface area (Å²) in [6, 6.07) is 9.30. The average Bonchev–Trinajstić information content (AvgIpc) is 2.78. The minimum atomic E-state index is -0.986. The largest absolute Gasteiger partial charge is 0.486 e. The average molecular weight is 260 g/mol. The number of aromatic carboxylic acids is 1. The Balaban J connectivity index is 2.01. The molecule has 1 aromatic heterocycles. The zero-order valence-electron chi connectivity index (χ0n) is 11.0. The van der Waals surface area contributed by atoms with Crippen molar-refractivity contribution in [1.29, 1.82) is 0 Å². The first-order chi connectivity index (χ1) is 9.10. The van der Waals surface area contributed by atoms with Crippen molar-refractivity contribution in [3.8, 4) is 5.75 Å². The Bertz CT molecular complexity index is 566. The fourth-order valence-electron chi connectivity index (χ4n) is 1.80. The monoisotopic (exact) mass is 260 g/mol. The molecule has 0 unspecified atom stereocenters. The van der Waals surface area contributed by atoms with E-state index in [9.17, 15) is 4.79 Å².